The van der Waals surface area contributed by atoms with E-state index in [2.05, 4.69) is 357 Å². The molecular weight excluding hydrogens is 1340 g/mol. The van der Waals surface area contributed by atoms with Gasteiger partial charge in [0.2, 0.25) is 0 Å². The van der Waals surface area contributed by atoms with Crippen molar-refractivity contribution in [1.82, 2.24) is 9.13 Å². The highest BCUT2D eigenvalue weighted by Crippen LogP contribution is 2.55. The first-order valence-electron chi connectivity index (χ1n) is 41.5. The molecule has 0 amide bonds. The maximum absolute atomic E-state index is 2.79. The van der Waals surface area contributed by atoms with Gasteiger partial charge in [-0.2, -0.15) is 0 Å². The van der Waals surface area contributed by atoms with Crippen LogP contribution in [0.3, 0.4) is 0 Å². The average molecular weight is 1440 g/mol. The Kier molecular flexibility index (Phi) is 14.4. The molecule has 0 atom stereocenters. The molecule has 5 aliphatic rings. The summed E-state index contributed by atoms with van der Waals surface area (Å²) in [6, 6.07) is 95.6. The topological polar surface area (TPSA) is 9.86 Å². The van der Waals surface area contributed by atoms with E-state index in [1.165, 1.54) is 234 Å². The summed E-state index contributed by atoms with van der Waals surface area (Å²) >= 11 is 0. The molecular formula is C108H101BN2. The van der Waals surface area contributed by atoms with Crippen molar-refractivity contribution in [2.45, 2.75) is 194 Å². The van der Waals surface area contributed by atoms with Gasteiger partial charge in [0, 0.05) is 49.3 Å². The maximum Gasteiger partial charge on any atom is 0.252 e. The summed E-state index contributed by atoms with van der Waals surface area (Å²) < 4.78 is 5.56. The van der Waals surface area contributed by atoms with Gasteiger partial charge in [0.25, 0.3) is 6.71 Å². The minimum absolute atomic E-state index is 0.0257. The monoisotopic (exact) mass is 1440 g/mol. The van der Waals surface area contributed by atoms with Gasteiger partial charge in [0.1, 0.15) is 0 Å². The summed E-state index contributed by atoms with van der Waals surface area (Å²) in [5, 5.41) is 12.9. The van der Waals surface area contributed by atoms with Gasteiger partial charge >= 0.3 is 0 Å². The van der Waals surface area contributed by atoms with Crippen LogP contribution in [0.4, 0.5) is 0 Å². The fraction of sp³-hybridized carbons (Fsp3) is 0.278. The lowest BCUT2D eigenvalue weighted by molar-refractivity contribution is 0.332. The largest absolute Gasteiger partial charge is 0.310 e. The van der Waals surface area contributed by atoms with Gasteiger partial charge in [-0.1, -0.05) is 293 Å². The minimum Gasteiger partial charge on any atom is -0.310 e. The van der Waals surface area contributed by atoms with Crippen LogP contribution in [0.25, 0.3) is 154 Å². The van der Waals surface area contributed by atoms with Crippen molar-refractivity contribution in [2.75, 3.05) is 0 Å². The van der Waals surface area contributed by atoms with Crippen molar-refractivity contribution in [2.24, 2.45) is 0 Å². The second-order valence-electron chi connectivity index (χ2n) is 39.7. The second-order valence-corrected chi connectivity index (χ2v) is 39.7. The molecule has 14 aromatic carbocycles. The highest BCUT2D eigenvalue weighted by atomic mass is 15.0. The van der Waals surface area contributed by atoms with E-state index >= 15 is 0 Å². The van der Waals surface area contributed by atoms with Gasteiger partial charge in [-0.05, 0) is 292 Å². The summed E-state index contributed by atoms with van der Waals surface area (Å²) in [5.74, 6) is 0. The van der Waals surface area contributed by atoms with E-state index in [0.717, 1.165) is 25.7 Å². The third-order valence-electron chi connectivity index (χ3n) is 28.4. The van der Waals surface area contributed by atoms with Crippen LogP contribution >= 0.6 is 0 Å². The molecule has 4 heterocycles. The maximum atomic E-state index is 2.79. The summed E-state index contributed by atoms with van der Waals surface area (Å²) in [6.07, 6.45) is 8.07. The summed E-state index contributed by atoms with van der Waals surface area (Å²) in [7, 11) is 0. The molecule has 2 aromatic heterocycles. The predicted molar refractivity (Wildman–Crippen MR) is 479 cm³/mol. The molecule has 0 bridgehead atoms. The molecule has 0 fully saturated rings. The molecule has 3 heteroatoms. The van der Waals surface area contributed by atoms with Gasteiger partial charge in [-0.15, -0.1) is 0 Å². The molecule has 0 saturated heterocycles. The number of aryl methyl sites for hydroxylation is 1. The smallest absolute Gasteiger partial charge is 0.252 e. The SMILES string of the molecule is CC(C)(C)c1ccc2c(c1)c1cc(C(C)(C)C)cc3c1n2-c1cc(-c2c(-c4ccc5c(c4)CCCC5(C)C)cc(-c4ccc5c(c4)C(C)(C)CCC5(C)C)cc2-c2ccc4c(c2)C(C)(C)CCC4(C)C)cc2c1B3c1cc(-c3ccccc3-c3ccccc3)cc3c4c5c6ccccc6c6ccccc6c5ccc4n-2c13. The van der Waals surface area contributed by atoms with Gasteiger partial charge in [-0.25, -0.2) is 0 Å². The second kappa shape index (κ2) is 23.3. The first-order valence-corrected chi connectivity index (χ1v) is 41.5. The first-order chi connectivity index (χ1) is 53.0. The Morgan fingerprint density at radius 3 is 1.41 bits per heavy atom. The molecule has 0 radical (unpaired) electrons. The lowest BCUT2D eigenvalue weighted by Crippen LogP contribution is -2.59. The molecule has 21 rings (SSSR count). The van der Waals surface area contributed by atoms with E-state index in [1.54, 1.807) is 0 Å². The van der Waals surface area contributed by atoms with Crippen molar-refractivity contribution in [3.05, 3.63) is 281 Å². The lowest BCUT2D eigenvalue weighted by atomic mass is 9.34. The van der Waals surface area contributed by atoms with Gasteiger partial charge in [0.05, 0.1) is 11.0 Å². The number of fused-ring (bicyclic) bond motifs is 20. The Balaban J connectivity index is 0.969. The highest BCUT2D eigenvalue weighted by molar-refractivity contribution is 7.00. The van der Waals surface area contributed by atoms with E-state index in [9.17, 15) is 0 Å². The molecule has 16 aromatic rings. The normalized spacial score (nSPS) is 16.9. The summed E-state index contributed by atoms with van der Waals surface area (Å²) in [6.45, 7) is 39.1. The zero-order valence-corrected chi connectivity index (χ0v) is 67.9. The fourth-order valence-corrected chi connectivity index (χ4v) is 21.9. The molecule has 0 N–H and O–H groups in total. The summed E-state index contributed by atoms with van der Waals surface area (Å²) in [4.78, 5) is 0. The van der Waals surface area contributed by atoms with Crippen LogP contribution in [0.2, 0.25) is 0 Å². The zero-order chi connectivity index (χ0) is 76.3. The van der Waals surface area contributed by atoms with E-state index < -0.39 is 0 Å². The quantitative estimate of drug-likeness (QED) is 0.116. The van der Waals surface area contributed by atoms with E-state index in [0.29, 0.717) is 0 Å². The fourth-order valence-electron chi connectivity index (χ4n) is 21.9. The van der Waals surface area contributed by atoms with Crippen LogP contribution in [-0.2, 0) is 44.3 Å². The van der Waals surface area contributed by atoms with Crippen LogP contribution in [0, 0.1) is 0 Å². The molecule has 3 aliphatic carbocycles. The number of benzene rings is 14. The molecule has 0 spiro atoms. The Morgan fingerprint density at radius 2 is 0.784 bits per heavy atom. The van der Waals surface area contributed by atoms with Crippen molar-refractivity contribution < 1.29 is 0 Å². The van der Waals surface area contributed by atoms with E-state index in [4.69, 9.17) is 0 Å². The predicted octanol–water partition coefficient (Wildman–Crippen LogP) is 27.4. The number of hydrogen-bond donors (Lipinski definition) is 0. The molecule has 2 aliphatic heterocycles. The van der Waals surface area contributed by atoms with Gasteiger partial charge < -0.3 is 9.13 Å². The Bertz CT molecular complexity index is 6740. The molecule has 0 saturated carbocycles. The van der Waals surface area contributed by atoms with Gasteiger partial charge in [-0.3, -0.25) is 0 Å². The number of rotatable bonds is 6. The molecule has 546 valence electrons. The average Bonchev–Trinajstić information content (AvgIpc) is 1.50. The molecule has 2 nitrogen and oxygen atoms in total. The Labute approximate surface area is 656 Å². The van der Waals surface area contributed by atoms with Gasteiger partial charge in [0.15, 0.2) is 0 Å². The van der Waals surface area contributed by atoms with Crippen molar-refractivity contribution >= 4 is 99.0 Å². The van der Waals surface area contributed by atoms with Crippen LogP contribution in [0.1, 0.15) is 194 Å². The van der Waals surface area contributed by atoms with Crippen LogP contribution < -0.4 is 16.4 Å². The van der Waals surface area contributed by atoms with Crippen molar-refractivity contribution in [3.8, 4) is 78.1 Å². The lowest BCUT2D eigenvalue weighted by Gasteiger charge is -2.42. The molecule has 111 heavy (non-hydrogen) atoms. The summed E-state index contributed by atoms with van der Waals surface area (Å²) in [5.41, 5.74) is 38.3. The zero-order valence-electron chi connectivity index (χ0n) is 67.9. The number of hydrogen-bond acceptors (Lipinski definition) is 0. The number of aromatic nitrogens is 2. The Hall–Kier alpha value is -10.5. The van der Waals surface area contributed by atoms with Crippen LogP contribution in [-0.4, -0.2) is 15.8 Å². The van der Waals surface area contributed by atoms with Crippen molar-refractivity contribution in [1.29, 1.82) is 0 Å². The van der Waals surface area contributed by atoms with Crippen LogP contribution in [0.5, 0.6) is 0 Å². The Morgan fingerprint density at radius 1 is 0.297 bits per heavy atom. The highest BCUT2D eigenvalue weighted by Gasteiger charge is 2.45. The van der Waals surface area contributed by atoms with E-state index in [-0.39, 0.29) is 44.6 Å². The number of nitrogens with zero attached hydrogens (tertiary/aromatic N) is 2. The first kappa shape index (κ1) is 68.5. The minimum atomic E-state index is -0.162. The van der Waals surface area contributed by atoms with Crippen LogP contribution in [0.15, 0.2) is 237 Å². The van der Waals surface area contributed by atoms with Crippen molar-refractivity contribution in [3.63, 3.8) is 0 Å². The molecule has 0 unspecified atom stereocenters. The van der Waals surface area contributed by atoms with E-state index in [1.807, 2.05) is 0 Å². The third kappa shape index (κ3) is 10.1. The standard InChI is InChI=1S/C108H101BN2/c1-102(2,3)71-39-44-92-82(60-71)83-61-72(103(4,5)6)62-91-100(83)110(92)94-58-70(59-95-99(94)109(91)90-57-69(74-31-21-20-30-73(74)63-27-18-17-19-28-63)54-84-98-93(111(95)101(84)90)45-40-79-77-34-23-22-32-75(77)76-33-24-25-35-78(76)97(79)98)96-80(65-37-41-85-67(51-65)29-26-46-104(85,7)8)52-68(64-36-42-86-88(55-64)107(13,14)49-47-105(86,9)10)53-81(96)66-38-43-87-89(56-66)108(15,16)50-48-106(87,11)12/h17-25,27-28,30-45,51-62H,26,29,46-50H2,1-16H3. The third-order valence-corrected chi connectivity index (χ3v) is 28.4.